The van der Waals surface area contributed by atoms with E-state index in [9.17, 15) is 14.6 Å². The molecule has 0 unspecified atom stereocenters. The van der Waals surface area contributed by atoms with Crippen molar-refractivity contribution in [1.82, 2.24) is 0 Å². The summed E-state index contributed by atoms with van der Waals surface area (Å²) in [6.45, 7) is 4.11. The van der Waals surface area contributed by atoms with E-state index in [2.05, 4.69) is 13.8 Å². The Bertz CT molecular complexity index is 368. The zero-order chi connectivity index (χ0) is 13.0. The molecule has 0 heterocycles. The molecule has 1 rings (SSSR count). The van der Waals surface area contributed by atoms with E-state index in [0.717, 1.165) is 12.5 Å². The molecule has 4 heteroatoms. The smallest absolute Gasteiger partial charge is 0.123 e. The van der Waals surface area contributed by atoms with Gasteiger partial charge in [0, 0.05) is 5.56 Å². The first kappa shape index (κ1) is 13.9. The van der Waals surface area contributed by atoms with Crippen LogP contribution >= 0.6 is 0 Å². The summed E-state index contributed by atoms with van der Waals surface area (Å²) in [6.07, 6.45) is 0.602. The molecule has 0 bridgehead atoms. The summed E-state index contributed by atoms with van der Waals surface area (Å²) in [6, 6.07) is 2.81. The van der Waals surface area contributed by atoms with Crippen molar-refractivity contribution in [3.8, 4) is 5.75 Å². The molecule has 0 aromatic heterocycles. The van der Waals surface area contributed by atoms with Crippen molar-refractivity contribution in [3.05, 3.63) is 29.6 Å². The van der Waals surface area contributed by atoms with Gasteiger partial charge < -0.3 is 15.9 Å². The summed E-state index contributed by atoms with van der Waals surface area (Å²) in [5.41, 5.74) is 6.07. The molecule has 0 saturated carbocycles. The third-order valence-corrected chi connectivity index (χ3v) is 2.80. The molecule has 0 fully saturated rings. The molecule has 0 spiro atoms. The first-order valence-corrected chi connectivity index (χ1v) is 5.84. The molecule has 4 N–H and O–H groups in total. The average molecular weight is 241 g/mol. The third kappa shape index (κ3) is 3.98. The number of aliphatic hydroxyl groups is 1. The number of aromatic hydroxyl groups is 1. The Morgan fingerprint density at radius 1 is 1.29 bits per heavy atom. The van der Waals surface area contributed by atoms with Crippen molar-refractivity contribution >= 4 is 0 Å². The molecule has 1 aromatic carbocycles. The number of phenols is 1. The number of hydrogen-bond acceptors (Lipinski definition) is 3. The largest absolute Gasteiger partial charge is 0.508 e. The summed E-state index contributed by atoms with van der Waals surface area (Å²) in [5.74, 6) is -0.0789. The lowest BCUT2D eigenvalue weighted by atomic mass is 9.95. The maximum Gasteiger partial charge on any atom is 0.123 e. The molecule has 0 radical (unpaired) electrons. The monoisotopic (exact) mass is 241 g/mol. The predicted molar refractivity (Wildman–Crippen MR) is 65.1 cm³/mol. The van der Waals surface area contributed by atoms with Gasteiger partial charge in [0.1, 0.15) is 11.6 Å². The zero-order valence-corrected chi connectivity index (χ0v) is 10.2. The maximum atomic E-state index is 13.0. The number of aliphatic hydroxyl groups excluding tert-OH is 1. The van der Waals surface area contributed by atoms with Crippen molar-refractivity contribution in [3.63, 3.8) is 0 Å². The van der Waals surface area contributed by atoms with Crippen LogP contribution in [0.3, 0.4) is 0 Å². The van der Waals surface area contributed by atoms with Crippen molar-refractivity contribution in [2.45, 2.75) is 38.8 Å². The minimum Gasteiger partial charge on any atom is -0.508 e. The van der Waals surface area contributed by atoms with E-state index in [0.29, 0.717) is 12.3 Å². The molecule has 3 nitrogen and oxygen atoms in total. The average Bonchev–Trinajstić information content (AvgIpc) is 2.28. The lowest BCUT2D eigenvalue weighted by molar-refractivity contribution is 0.127. The number of phenolic OH excluding ortho intramolecular Hbond substituents is 1. The summed E-state index contributed by atoms with van der Waals surface area (Å²) in [7, 11) is 0. The van der Waals surface area contributed by atoms with Gasteiger partial charge in [-0.05, 0) is 37.0 Å². The van der Waals surface area contributed by atoms with Crippen LogP contribution in [0, 0.1) is 11.7 Å². The molecule has 1 aromatic rings. The van der Waals surface area contributed by atoms with E-state index in [1.54, 1.807) is 0 Å². The van der Waals surface area contributed by atoms with Crippen LogP contribution in [-0.4, -0.2) is 16.3 Å². The summed E-state index contributed by atoms with van der Waals surface area (Å²) >= 11 is 0. The highest BCUT2D eigenvalue weighted by Gasteiger charge is 2.20. The van der Waals surface area contributed by atoms with E-state index in [1.165, 1.54) is 12.1 Å². The number of rotatable bonds is 5. The second-order valence-electron chi connectivity index (χ2n) is 4.77. The molecule has 96 valence electrons. The number of hydrogen-bond donors (Lipinski definition) is 3. The highest BCUT2D eigenvalue weighted by Crippen LogP contribution is 2.27. The second kappa shape index (κ2) is 5.98. The molecule has 0 amide bonds. The van der Waals surface area contributed by atoms with Crippen molar-refractivity contribution in [1.29, 1.82) is 0 Å². The maximum absolute atomic E-state index is 13.0. The highest BCUT2D eigenvalue weighted by molar-refractivity contribution is 5.35. The van der Waals surface area contributed by atoms with Gasteiger partial charge in [-0.25, -0.2) is 4.39 Å². The van der Waals surface area contributed by atoms with E-state index in [1.807, 2.05) is 0 Å². The van der Waals surface area contributed by atoms with E-state index in [4.69, 9.17) is 5.73 Å². The standard InChI is InChI=1S/C13H20FNO2/c1-8(2)3-5-12(17)13(15)10-7-9(14)4-6-11(10)16/h4,6-8,12-13,16-17H,3,5,15H2,1-2H3/t12-,13+/m0/s1. The molecule has 17 heavy (non-hydrogen) atoms. The number of benzene rings is 1. The normalized spacial score (nSPS) is 14.9. The van der Waals surface area contributed by atoms with Crippen LogP contribution in [0.5, 0.6) is 5.75 Å². The van der Waals surface area contributed by atoms with Crippen molar-refractivity contribution < 1.29 is 14.6 Å². The zero-order valence-electron chi connectivity index (χ0n) is 10.2. The Morgan fingerprint density at radius 3 is 2.53 bits per heavy atom. The van der Waals surface area contributed by atoms with Gasteiger partial charge in [-0.15, -0.1) is 0 Å². The summed E-state index contributed by atoms with van der Waals surface area (Å²) in [5, 5.41) is 19.5. The summed E-state index contributed by atoms with van der Waals surface area (Å²) < 4.78 is 13.0. The van der Waals surface area contributed by atoms with Gasteiger partial charge in [0.05, 0.1) is 12.1 Å². The lowest BCUT2D eigenvalue weighted by Crippen LogP contribution is -2.26. The molecular weight excluding hydrogens is 221 g/mol. The Labute approximate surface area is 101 Å². The first-order chi connectivity index (χ1) is 7.91. The van der Waals surface area contributed by atoms with Crippen molar-refractivity contribution in [2.24, 2.45) is 11.7 Å². The number of nitrogens with two attached hydrogens (primary N) is 1. The fraction of sp³-hybridized carbons (Fsp3) is 0.538. The van der Waals surface area contributed by atoms with Gasteiger partial charge >= 0.3 is 0 Å². The lowest BCUT2D eigenvalue weighted by Gasteiger charge is -2.20. The molecule has 0 aliphatic heterocycles. The molecule has 2 atom stereocenters. The third-order valence-electron chi connectivity index (χ3n) is 2.80. The molecule has 0 aliphatic carbocycles. The van der Waals surface area contributed by atoms with E-state index >= 15 is 0 Å². The van der Waals surface area contributed by atoms with Gasteiger partial charge in [-0.2, -0.15) is 0 Å². The first-order valence-electron chi connectivity index (χ1n) is 5.84. The van der Waals surface area contributed by atoms with Gasteiger partial charge in [-0.3, -0.25) is 0 Å². The van der Waals surface area contributed by atoms with Crippen LogP contribution in [0.2, 0.25) is 0 Å². The minimum atomic E-state index is -0.773. The Kier molecular flexibility index (Phi) is 4.90. The van der Waals surface area contributed by atoms with Gasteiger partial charge in [0.15, 0.2) is 0 Å². The van der Waals surface area contributed by atoms with Crippen LogP contribution in [0.15, 0.2) is 18.2 Å². The minimum absolute atomic E-state index is 0.0810. The van der Waals surface area contributed by atoms with Crippen LogP contribution in [0.25, 0.3) is 0 Å². The highest BCUT2D eigenvalue weighted by atomic mass is 19.1. The van der Waals surface area contributed by atoms with Crippen LogP contribution in [0.4, 0.5) is 4.39 Å². The van der Waals surface area contributed by atoms with Gasteiger partial charge in [0.25, 0.3) is 0 Å². The number of halogens is 1. The predicted octanol–water partition coefficient (Wildman–Crippen LogP) is 2.33. The van der Waals surface area contributed by atoms with Gasteiger partial charge in [0.2, 0.25) is 0 Å². The van der Waals surface area contributed by atoms with Gasteiger partial charge in [-0.1, -0.05) is 13.8 Å². The molecule has 0 aliphatic rings. The topological polar surface area (TPSA) is 66.5 Å². The molecule has 0 saturated heterocycles. The fourth-order valence-electron chi connectivity index (χ4n) is 1.68. The van der Waals surface area contributed by atoms with Crippen LogP contribution in [0.1, 0.15) is 38.3 Å². The molecular formula is C13H20FNO2. The Morgan fingerprint density at radius 2 is 1.94 bits per heavy atom. The SMILES string of the molecule is CC(C)CC[C@H](O)[C@H](N)c1cc(F)ccc1O. The van der Waals surface area contributed by atoms with Crippen molar-refractivity contribution in [2.75, 3.05) is 0 Å². The van der Waals surface area contributed by atoms with Crippen LogP contribution < -0.4 is 5.73 Å². The van der Waals surface area contributed by atoms with Crippen LogP contribution in [-0.2, 0) is 0 Å². The summed E-state index contributed by atoms with van der Waals surface area (Å²) in [4.78, 5) is 0. The Hall–Kier alpha value is -1.13. The second-order valence-corrected chi connectivity index (χ2v) is 4.77. The Balaban J connectivity index is 2.74. The van der Waals surface area contributed by atoms with E-state index in [-0.39, 0.29) is 11.3 Å². The van der Waals surface area contributed by atoms with E-state index < -0.39 is 18.0 Å². The quantitative estimate of drug-likeness (QED) is 0.741. The fourth-order valence-corrected chi connectivity index (χ4v) is 1.68.